The molecule has 3 N–H and O–H groups in total. The smallest absolute Gasteiger partial charge is 0.305 e. The van der Waals surface area contributed by atoms with Gasteiger partial charge in [-0.25, -0.2) is 0 Å². The van der Waals surface area contributed by atoms with Crippen molar-refractivity contribution in [3.63, 3.8) is 0 Å². The number of carbonyl (C=O) groups is 2. The molecule has 0 radical (unpaired) electrons. The van der Waals surface area contributed by atoms with Crippen LogP contribution < -0.4 is 5.32 Å². The molecule has 0 aliphatic rings. The number of rotatable bonds is 60. The Morgan fingerprint density at radius 3 is 1.00 bits per heavy atom. The minimum absolute atomic E-state index is 0.0164. The van der Waals surface area contributed by atoms with Gasteiger partial charge in [-0.1, -0.05) is 308 Å². The summed E-state index contributed by atoms with van der Waals surface area (Å²) in [7, 11) is 0. The maximum Gasteiger partial charge on any atom is 0.305 e. The van der Waals surface area contributed by atoms with E-state index in [4.69, 9.17) is 4.74 Å². The van der Waals surface area contributed by atoms with E-state index in [1.54, 1.807) is 6.08 Å². The molecular formula is C65H125NO5. The number of amides is 1. The van der Waals surface area contributed by atoms with Gasteiger partial charge in [0, 0.05) is 12.8 Å². The van der Waals surface area contributed by atoms with Crippen molar-refractivity contribution in [1.29, 1.82) is 0 Å². The van der Waals surface area contributed by atoms with Crippen molar-refractivity contribution in [3.05, 3.63) is 24.3 Å². The molecule has 420 valence electrons. The number of unbranched alkanes of at least 4 members (excludes halogenated alkanes) is 47. The van der Waals surface area contributed by atoms with Gasteiger partial charge in [0.2, 0.25) is 5.91 Å². The first-order valence-electron chi connectivity index (χ1n) is 32.1. The fourth-order valence-corrected chi connectivity index (χ4v) is 10.0. The summed E-state index contributed by atoms with van der Waals surface area (Å²) in [6.45, 7) is 4.92. The monoisotopic (exact) mass is 1000 g/mol. The summed E-state index contributed by atoms with van der Waals surface area (Å²) < 4.78 is 5.48. The van der Waals surface area contributed by atoms with Crippen LogP contribution in [0.15, 0.2) is 24.3 Å². The summed E-state index contributed by atoms with van der Waals surface area (Å²) in [5, 5.41) is 23.1. The average molecular weight is 1000 g/mol. The van der Waals surface area contributed by atoms with Crippen LogP contribution in [-0.2, 0) is 14.3 Å². The molecule has 0 spiro atoms. The van der Waals surface area contributed by atoms with E-state index in [1.807, 2.05) is 6.08 Å². The molecule has 0 saturated heterocycles. The zero-order valence-corrected chi connectivity index (χ0v) is 48.0. The molecule has 0 aromatic carbocycles. The molecule has 0 aromatic heterocycles. The van der Waals surface area contributed by atoms with Gasteiger partial charge in [-0.2, -0.15) is 0 Å². The van der Waals surface area contributed by atoms with Crippen LogP contribution >= 0.6 is 0 Å². The van der Waals surface area contributed by atoms with E-state index in [0.29, 0.717) is 19.4 Å². The van der Waals surface area contributed by atoms with E-state index >= 15 is 0 Å². The van der Waals surface area contributed by atoms with Gasteiger partial charge in [0.25, 0.3) is 0 Å². The summed E-state index contributed by atoms with van der Waals surface area (Å²) in [6.07, 6.45) is 75.2. The number of aliphatic hydroxyl groups excluding tert-OH is 2. The summed E-state index contributed by atoms with van der Waals surface area (Å²) in [6, 6.07) is -0.627. The van der Waals surface area contributed by atoms with E-state index in [1.165, 1.54) is 289 Å². The van der Waals surface area contributed by atoms with Gasteiger partial charge in [0.05, 0.1) is 25.4 Å². The fourth-order valence-electron chi connectivity index (χ4n) is 10.0. The lowest BCUT2D eigenvalue weighted by Gasteiger charge is -2.20. The Kier molecular flexibility index (Phi) is 59.5. The van der Waals surface area contributed by atoms with Crippen LogP contribution in [0.1, 0.15) is 354 Å². The van der Waals surface area contributed by atoms with Crippen LogP contribution in [0.25, 0.3) is 0 Å². The molecule has 0 fully saturated rings. The van der Waals surface area contributed by atoms with Crippen LogP contribution in [0.3, 0.4) is 0 Å². The fraction of sp³-hybridized carbons (Fsp3) is 0.908. The highest BCUT2D eigenvalue weighted by Crippen LogP contribution is 2.18. The summed E-state index contributed by atoms with van der Waals surface area (Å²) in [5.74, 6) is -0.0500. The molecular weight excluding hydrogens is 875 g/mol. The Labute approximate surface area is 443 Å². The van der Waals surface area contributed by atoms with Crippen molar-refractivity contribution in [3.8, 4) is 0 Å². The molecule has 0 aliphatic carbocycles. The van der Waals surface area contributed by atoms with E-state index in [0.717, 1.165) is 38.5 Å². The molecule has 2 atom stereocenters. The molecule has 0 saturated carbocycles. The molecule has 0 heterocycles. The van der Waals surface area contributed by atoms with Crippen molar-refractivity contribution in [2.75, 3.05) is 13.2 Å². The molecule has 0 bridgehead atoms. The molecule has 0 rings (SSSR count). The average Bonchev–Trinajstić information content (AvgIpc) is 3.37. The predicted molar refractivity (Wildman–Crippen MR) is 310 cm³/mol. The maximum absolute atomic E-state index is 12.5. The summed E-state index contributed by atoms with van der Waals surface area (Å²) in [5.41, 5.74) is 0. The van der Waals surface area contributed by atoms with Crippen LogP contribution in [0.4, 0.5) is 0 Å². The van der Waals surface area contributed by atoms with E-state index in [9.17, 15) is 19.8 Å². The zero-order chi connectivity index (χ0) is 51.4. The molecule has 6 heteroatoms. The molecule has 6 nitrogen and oxygen atoms in total. The molecule has 1 amide bonds. The Bertz CT molecular complexity index is 1110. The van der Waals surface area contributed by atoms with Crippen LogP contribution in [-0.4, -0.2) is 47.4 Å². The van der Waals surface area contributed by atoms with Crippen molar-refractivity contribution < 1.29 is 24.5 Å². The highest BCUT2D eigenvalue weighted by molar-refractivity contribution is 5.76. The number of hydrogen-bond acceptors (Lipinski definition) is 5. The molecule has 0 aliphatic heterocycles. The summed E-state index contributed by atoms with van der Waals surface area (Å²) in [4.78, 5) is 24.5. The van der Waals surface area contributed by atoms with E-state index in [2.05, 4.69) is 31.3 Å². The van der Waals surface area contributed by atoms with Crippen LogP contribution in [0.2, 0.25) is 0 Å². The lowest BCUT2D eigenvalue weighted by molar-refractivity contribution is -0.143. The zero-order valence-electron chi connectivity index (χ0n) is 48.0. The van der Waals surface area contributed by atoms with Crippen molar-refractivity contribution in [2.24, 2.45) is 0 Å². The number of esters is 1. The standard InChI is InChI=1S/C65H125NO5/c1-3-5-7-9-11-13-15-17-34-37-41-45-49-53-57-63(68)62(61-67)66-64(69)58-54-50-46-42-38-35-32-30-28-26-24-22-20-18-19-21-23-25-27-29-31-33-36-40-44-48-52-56-60-71-65(70)59-55-51-47-43-39-16-14-12-10-8-6-4-2/h18-19,53,57,62-63,67-68H,3-17,20-52,54-56,58-61H2,1-2H3,(H,66,69)/b19-18-,57-53+. The number of allylic oxidation sites excluding steroid dienone is 3. The van der Waals surface area contributed by atoms with Gasteiger partial charge in [0.1, 0.15) is 0 Å². The van der Waals surface area contributed by atoms with Crippen molar-refractivity contribution >= 4 is 11.9 Å². The second-order valence-corrected chi connectivity index (χ2v) is 22.1. The number of hydrogen-bond donors (Lipinski definition) is 3. The molecule has 71 heavy (non-hydrogen) atoms. The molecule has 0 aromatic rings. The van der Waals surface area contributed by atoms with Gasteiger partial charge >= 0.3 is 5.97 Å². The summed E-state index contributed by atoms with van der Waals surface area (Å²) >= 11 is 0. The molecule has 2 unspecified atom stereocenters. The van der Waals surface area contributed by atoms with Gasteiger partial charge in [-0.3, -0.25) is 9.59 Å². The van der Waals surface area contributed by atoms with Gasteiger partial charge in [-0.05, 0) is 57.8 Å². The van der Waals surface area contributed by atoms with Gasteiger partial charge in [-0.15, -0.1) is 0 Å². The Morgan fingerprint density at radius 2 is 0.662 bits per heavy atom. The number of ether oxygens (including phenoxy) is 1. The number of aliphatic hydroxyl groups is 2. The van der Waals surface area contributed by atoms with Crippen molar-refractivity contribution in [2.45, 2.75) is 366 Å². The second kappa shape index (κ2) is 60.9. The quantitative estimate of drug-likeness (QED) is 0.0320. The largest absolute Gasteiger partial charge is 0.466 e. The Hall–Kier alpha value is -1.66. The third kappa shape index (κ3) is 57.5. The minimum atomic E-state index is -0.843. The maximum atomic E-state index is 12.5. The topological polar surface area (TPSA) is 95.9 Å². The van der Waals surface area contributed by atoms with E-state index < -0.39 is 12.1 Å². The minimum Gasteiger partial charge on any atom is -0.466 e. The van der Waals surface area contributed by atoms with Crippen molar-refractivity contribution in [1.82, 2.24) is 5.32 Å². The van der Waals surface area contributed by atoms with Crippen LogP contribution in [0.5, 0.6) is 0 Å². The highest BCUT2D eigenvalue weighted by atomic mass is 16.5. The lowest BCUT2D eigenvalue weighted by Crippen LogP contribution is -2.45. The normalized spacial score (nSPS) is 12.7. The van der Waals surface area contributed by atoms with Gasteiger partial charge in [0.15, 0.2) is 0 Å². The second-order valence-electron chi connectivity index (χ2n) is 22.1. The Balaban J connectivity index is 3.39. The van der Waals surface area contributed by atoms with E-state index in [-0.39, 0.29) is 18.5 Å². The Morgan fingerprint density at radius 1 is 0.380 bits per heavy atom. The third-order valence-corrected chi connectivity index (χ3v) is 15.0. The SMILES string of the molecule is CCCCCCCCCCCCCC/C=C/C(O)C(CO)NC(=O)CCCCCCCCCCCCCC/C=C\CCCCCCCCCCCCCCOC(=O)CCCCCCCCCCCCCC. The lowest BCUT2D eigenvalue weighted by atomic mass is 10.0. The first-order chi connectivity index (χ1) is 35.0. The number of carbonyl (C=O) groups excluding carboxylic acids is 2. The van der Waals surface area contributed by atoms with Gasteiger partial charge < -0.3 is 20.3 Å². The number of nitrogens with one attached hydrogen (secondary N) is 1. The third-order valence-electron chi connectivity index (χ3n) is 15.0. The first-order valence-corrected chi connectivity index (χ1v) is 32.1. The van der Waals surface area contributed by atoms with Crippen LogP contribution in [0, 0.1) is 0 Å². The highest BCUT2D eigenvalue weighted by Gasteiger charge is 2.18. The predicted octanol–water partition coefficient (Wildman–Crippen LogP) is 20.2. The first kappa shape index (κ1) is 69.3.